The zero-order chi connectivity index (χ0) is 13.9. The number of aryl methyl sites for hydroxylation is 1. The SMILES string of the molecule is Cc1cc(NC2CCN(c3ccc(Cl)cn3)C2)ncn1. The second-order valence-corrected chi connectivity index (χ2v) is 5.39. The van der Waals surface area contributed by atoms with Gasteiger partial charge in [0.25, 0.3) is 0 Å². The Morgan fingerprint density at radius 1 is 1.30 bits per heavy atom. The molecular formula is C14H16ClN5. The first-order valence-electron chi connectivity index (χ1n) is 6.62. The molecule has 5 nitrogen and oxygen atoms in total. The summed E-state index contributed by atoms with van der Waals surface area (Å²) in [7, 11) is 0. The lowest BCUT2D eigenvalue weighted by atomic mass is 10.2. The van der Waals surface area contributed by atoms with Gasteiger partial charge in [-0.25, -0.2) is 15.0 Å². The fourth-order valence-electron chi connectivity index (χ4n) is 2.38. The Morgan fingerprint density at radius 3 is 2.95 bits per heavy atom. The van der Waals surface area contributed by atoms with E-state index in [0.29, 0.717) is 11.1 Å². The number of nitrogens with one attached hydrogen (secondary N) is 1. The predicted molar refractivity (Wildman–Crippen MR) is 80.3 cm³/mol. The average molecular weight is 290 g/mol. The van der Waals surface area contributed by atoms with E-state index in [0.717, 1.165) is 36.8 Å². The second kappa shape index (κ2) is 5.63. The van der Waals surface area contributed by atoms with Gasteiger partial charge in [-0.3, -0.25) is 0 Å². The van der Waals surface area contributed by atoms with Crippen molar-refractivity contribution in [1.82, 2.24) is 15.0 Å². The summed E-state index contributed by atoms with van der Waals surface area (Å²) in [4.78, 5) is 14.9. The molecule has 1 saturated heterocycles. The number of hydrogen-bond donors (Lipinski definition) is 1. The van der Waals surface area contributed by atoms with Crippen molar-refractivity contribution in [1.29, 1.82) is 0 Å². The third-order valence-electron chi connectivity index (χ3n) is 3.38. The van der Waals surface area contributed by atoms with E-state index in [9.17, 15) is 0 Å². The molecule has 1 aliphatic heterocycles. The third-order valence-corrected chi connectivity index (χ3v) is 3.60. The minimum Gasteiger partial charge on any atom is -0.365 e. The van der Waals surface area contributed by atoms with Gasteiger partial charge < -0.3 is 10.2 Å². The summed E-state index contributed by atoms with van der Waals surface area (Å²) in [5, 5.41) is 4.11. The highest BCUT2D eigenvalue weighted by Gasteiger charge is 2.23. The van der Waals surface area contributed by atoms with Crippen molar-refractivity contribution < 1.29 is 0 Å². The molecule has 1 N–H and O–H groups in total. The number of halogens is 1. The molecule has 3 heterocycles. The Morgan fingerprint density at radius 2 is 2.20 bits per heavy atom. The zero-order valence-electron chi connectivity index (χ0n) is 11.3. The first-order valence-corrected chi connectivity index (χ1v) is 7.00. The first-order chi connectivity index (χ1) is 9.70. The van der Waals surface area contributed by atoms with E-state index in [-0.39, 0.29) is 0 Å². The van der Waals surface area contributed by atoms with E-state index < -0.39 is 0 Å². The predicted octanol–water partition coefficient (Wildman–Crippen LogP) is 2.52. The smallest absolute Gasteiger partial charge is 0.129 e. The first kappa shape index (κ1) is 13.1. The maximum atomic E-state index is 5.86. The molecule has 0 aliphatic carbocycles. The Hall–Kier alpha value is -1.88. The van der Waals surface area contributed by atoms with Crippen LogP contribution < -0.4 is 10.2 Å². The number of rotatable bonds is 3. The number of hydrogen-bond acceptors (Lipinski definition) is 5. The van der Waals surface area contributed by atoms with Crippen molar-refractivity contribution in [2.45, 2.75) is 19.4 Å². The molecule has 2 aromatic heterocycles. The fraction of sp³-hybridized carbons (Fsp3) is 0.357. The van der Waals surface area contributed by atoms with E-state index in [1.54, 1.807) is 12.5 Å². The summed E-state index contributed by atoms with van der Waals surface area (Å²) >= 11 is 5.86. The van der Waals surface area contributed by atoms with Crippen molar-refractivity contribution in [3.8, 4) is 0 Å². The third kappa shape index (κ3) is 2.99. The number of aromatic nitrogens is 3. The standard InChI is InChI=1S/C14H16ClN5/c1-10-6-13(18-9-17-10)19-12-4-5-20(8-12)14-3-2-11(15)7-16-14/h2-3,6-7,9,12H,4-5,8H2,1H3,(H,17,18,19). The van der Waals surface area contributed by atoms with Crippen LogP contribution in [0.25, 0.3) is 0 Å². The quantitative estimate of drug-likeness (QED) is 0.941. The minimum absolute atomic E-state index is 0.377. The van der Waals surface area contributed by atoms with Crippen LogP contribution in [0.2, 0.25) is 5.02 Å². The second-order valence-electron chi connectivity index (χ2n) is 4.96. The molecule has 0 spiro atoms. The normalized spacial score (nSPS) is 18.3. The summed E-state index contributed by atoms with van der Waals surface area (Å²) < 4.78 is 0. The molecule has 0 amide bonds. The van der Waals surface area contributed by atoms with Gasteiger partial charge in [-0.05, 0) is 25.5 Å². The highest BCUT2D eigenvalue weighted by atomic mass is 35.5. The molecule has 0 aromatic carbocycles. The van der Waals surface area contributed by atoms with Gasteiger partial charge in [-0.2, -0.15) is 0 Å². The van der Waals surface area contributed by atoms with E-state index in [1.165, 1.54) is 0 Å². The Bertz CT molecular complexity index is 586. The molecule has 0 bridgehead atoms. The van der Waals surface area contributed by atoms with Gasteiger partial charge in [-0.15, -0.1) is 0 Å². The van der Waals surface area contributed by atoms with Crippen molar-refractivity contribution in [3.63, 3.8) is 0 Å². The van der Waals surface area contributed by atoms with Crippen LogP contribution in [-0.2, 0) is 0 Å². The maximum Gasteiger partial charge on any atom is 0.129 e. The van der Waals surface area contributed by atoms with E-state index in [2.05, 4.69) is 25.2 Å². The van der Waals surface area contributed by atoms with E-state index in [4.69, 9.17) is 11.6 Å². The minimum atomic E-state index is 0.377. The zero-order valence-corrected chi connectivity index (χ0v) is 12.0. The lowest BCUT2D eigenvalue weighted by Crippen LogP contribution is -2.26. The Labute approximate surface area is 123 Å². The molecule has 20 heavy (non-hydrogen) atoms. The van der Waals surface area contributed by atoms with Crippen LogP contribution in [-0.4, -0.2) is 34.1 Å². The van der Waals surface area contributed by atoms with Gasteiger partial charge in [0, 0.05) is 37.1 Å². The maximum absolute atomic E-state index is 5.86. The summed E-state index contributed by atoms with van der Waals surface area (Å²) in [6, 6.07) is 6.17. The molecule has 104 valence electrons. The van der Waals surface area contributed by atoms with Crippen LogP contribution in [0.4, 0.5) is 11.6 Å². The Balaban J connectivity index is 1.63. The van der Waals surface area contributed by atoms with Gasteiger partial charge in [0.1, 0.15) is 18.0 Å². The molecular weight excluding hydrogens is 274 g/mol. The monoisotopic (exact) mass is 289 g/mol. The van der Waals surface area contributed by atoms with Gasteiger partial charge in [0.05, 0.1) is 5.02 Å². The summed E-state index contributed by atoms with van der Waals surface area (Å²) in [5.41, 5.74) is 0.969. The van der Waals surface area contributed by atoms with Gasteiger partial charge in [-0.1, -0.05) is 11.6 Å². The lowest BCUT2D eigenvalue weighted by molar-refractivity contribution is 0.797. The molecule has 1 fully saturated rings. The highest BCUT2D eigenvalue weighted by Crippen LogP contribution is 2.21. The molecule has 6 heteroatoms. The highest BCUT2D eigenvalue weighted by molar-refractivity contribution is 6.30. The average Bonchev–Trinajstić information content (AvgIpc) is 2.88. The molecule has 2 aromatic rings. The van der Waals surface area contributed by atoms with Gasteiger partial charge in [0.2, 0.25) is 0 Å². The van der Waals surface area contributed by atoms with E-state index in [1.807, 2.05) is 25.1 Å². The topological polar surface area (TPSA) is 53.9 Å². The largest absolute Gasteiger partial charge is 0.365 e. The van der Waals surface area contributed by atoms with Crippen molar-refractivity contribution in [2.75, 3.05) is 23.3 Å². The molecule has 3 rings (SSSR count). The van der Waals surface area contributed by atoms with Crippen molar-refractivity contribution in [2.24, 2.45) is 0 Å². The van der Waals surface area contributed by atoms with Gasteiger partial charge >= 0.3 is 0 Å². The van der Waals surface area contributed by atoms with Gasteiger partial charge in [0.15, 0.2) is 0 Å². The molecule has 0 saturated carbocycles. The van der Waals surface area contributed by atoms with Crippen LogP contribution in [0, 0.1) is 6.92 Å². The molecule has 1 unspecified atom stereocenters. The van der Waals surface area contributed by atoms with Crippen molar-refractivity contribution in [3.05, 3.63) is 41.4 Å². The van der Waals surface area contributed by atoms with Crippen molar-refractivity contribution >= 4 is 23.2 Å². The fourth-order valence-corrected chi connectivity index (χ4v) is 2.50. The summed E-state index contributed by atoms with van der Waals surface area (Å²) in [6.07, 6.45) is 4.34. The van der Waals surface area contributed by atoms with Crippen LogP contribution in [0.15, 0.2) is 30.7 Å². The van der Waals surface area contributed by atoms with Crippen LogP contribution in [0.1, 0.15) is 12.1 Å². The molecule has 1 atom stereocenters. The van der Waals surface area contributed by atoms with E-state index >= 15 is 0 Å². The lowest BCUT2D eigenvalue weighted by Gasteiger charge is -2.18. The van der Waals surface area contributed by atoms with Crippen LogP contribution in [0.5, 0.6) is 0 Å². The Kier molecular flexibility index (Phi) is 3.69. The number of nitrogens with zero attached hydrogens (tertiary/aromatic N) is 4. The summed E-state index contributed by atoms with van der Waals surface area (Å²) in [6.45, 7) is 3.86. The summed E-state index contributed by atoms with van der Waals surface area (Å²) in [5.74, 6) is 1.85. The molecule has 0 radical (unpaired) electrons. The van der Waals surface area contributed by atoms with Crippen LogP contribution in [0.3, 0.4) is 0 Å². The molecule has 1 aliphatic rings. The number of anilines is 2. The van der Waals surface area contributed by atoms with Crippen LogP contribution >= 0.6 is 11.6 Å². The number of pyridine rings is 1.